The maximum atomic E-state index is 12.5. The molecular weight excluding hydrogens is 342 g/mol. The van der Waals surface area contributed by atoms with Crippen molar-refractivity contribution >= 4 is 38.4 Å². The lowest BCUT2D eigenvalue weighted by molar-refractivity contribution is 0.601. The lowest BCUT2D eigenvalue weighted by Crippen LogP contribution is -2.16. The van der Waals surface area contributed by atoms with E-state index in [0.29, 0.717) is 16.6 Å². The Hall–Kier alpha value is -3.45. The molecule has 2 heterocycles. The van der Waals surface area contributed by atoms with Gasteiger partial charge in [0.05, 0.1) is 15.8 Å². The highest BCUT2D eigenvalue weighted by Crippen LogP contribution is 2.28. The monoisotopic (exact) mass is 355 g/mol. The number of hydrogen-bond acceptors (Lipinski definition) is 8. The molecule has 25 heavy (non-hydrogen) atoms. The van der Waals surface area contributed by atoms with Gasteiger partial charge in [0.15, 0.2) is 11.5 Å². The summed E-state index contributed by atoms with van der Waals surface area (Å²) in [6, 6.07) is 7.59. The van der Waals surface area contributed by atoms with Crippen LogP contribution in [0.4, 0.5) is 17.3 Å². The van der Waals surface area contributed by atoms with Gasteiger partial charge in [-0.25, -0.2) is 23.4 Å². The Kier molecular flexibility index (Phi) is 3.86. The second kappa shape index (κ2) is 5.88. The Morgan fingerprint density at radius 3 is 2.48 bits per heavy atom. The standard InChI is InChI=1S/C15H13N7O2S/c1-8-11(6-16)14(21-15-12(8)13(18)19-7-20-15)22-25(23,24)10-4-2-9(17)3-5-10/h2-5,7H,17H2,1H3,(H3,18,19,20,21,22). The molecule has 0 unspecified atom stereocenters. The Labute approximate surface area is 143 Å². The van der Waals surface area contributed by atoms with Crippen molar-refractivity contribution in [2.75, 3.05) is 16.2 Å². The number of nitriles is 1. The maximum absolute atomic E-state index is 12.5. The first-order valence-electron chi connectivity index (χ1n) is 7.02. The van der Waals surface area contributed by atoms with E-state index in [2.05, 4.69) is 19.7 Å². The smallest absolute Gasteiger partial charge is 0.263 e. The minimum absolute atomic E-state index is 0.00709. The first kappa shape index (κ1) is 16.4. The molecule has 1 aromatic carbocycles. The van der Waals surface area contributed by atoms with Crippen molar-refractivity contribution in [2.45, 2.75) is 11.8 Å². The largest absolute Gasteiger partial charge is 0.399 e. The van der Waals surface area contributed by atoms with Crippen LogP contribution in [0.3, 0.4) is 0 Å². The third-order valence-corrected chi connectivity index (χ3v) is 4.95. The van der Waals surface area contributed by atoms with Crippen LogP contribution in [0.25, 0.3) is 11.0 Å². The van der Waals surface area contributed by atoms with Crippen molar-refractivity contribution in [1.29, 1.82) is 5.26 Å². The molecule has 2 aromatic heterocycles. The summed E-state index contributed by atoms with van der Waals surface area (Å²) in [6.45, 7) is 1.63. The average Bonchev–Trinajstić information content (AvgIpc) is 2.55. The zero-order chi connectivity index (χ0) is 18.2. The number of pyridine rings is 1. The molecule has 10 heteroatoms. The van der Waals surface area contributed by atoms with E-state index in [1.54, 1.807) is 6.92 Å². The zero-order valence-corrected chi connectivity index (χ0v) is 13.9. The van der Waals surface area contributed by atoms with Gasteiger partial charge in [-0.15, -0.1) is 0 Å². The predicted octanol–water partition coefficient (Wildman–Crippen LogP) is 1.17. The predicted molar refractivity (Wildman–Crippen MR) is 92.9 cm³/mol. The SMILES string of the molecule is Cc1c(C#N)c(NS(=O)(=O)c2ccc(N)cc2)nc2ncnc(N)c12. The van der Waals surface area contributed by atoms with Crippen LogP contribution >= 0.6 is 0 Å². The third-order valence-electron chi connectivity index (χ3n) is 3.59. The summed E-state index contributed by atoms with van der Waals surface area (Å²) in [5.74, 6) is 0.0434. The van der Waals surface area contributed by atoms with Gasteiger partial charge < -0.3 is 11.5 Å². The number of anilines is 3. The molecule has 0 amide bonds. The van der Waals surface area contributed by atoms with Crippen LogP contribution < -0.4 is 16.2 Å². The number of nitrogen functional groups attached to an aromatic ring is 2. The molecule has 0 fully saturated rings. The van der Waals surface area contributed by atoms with Gasteiger partial charge in [0.2, 0.25) is 0 Å². The number of nitrogens with two attached hydrogens (primary N) is 2. The van der Waals surface area contributed by atoms with Crippen LogP contribution in [0.2, 0.25) is 0 Å². The van der Waals surface area contributed by atoms with Crippen molar-refractivity contribution in [2.24, 2.45) is 0 Å². The number of aromatic nitrogens is 3. The highest BCUT2D eigenvalue weighted by Gasteiger charge is 2.21. The fourth-order valence-electron chi connectivity index (χ4n) is 2.34. The number of nitrogens with one attached hydrogen (secondary N) is 1. The first-order valence-corrected chi connectivity index (χ1v) is 8.51. The van der Waals surface area contributed by atoms with Crippen molar-refractivity contribution in [1.82, 2.24) is 15.0 Å². The minimum atomic E-state index is -3.95. The van der Waals surface area contributed by atoms with Crippen LogP contribution in [-0.2, 0) is 10.0 Å². The zero-order valence-electron chi connectivity index (χ0n) is 13.1. The molecule has 0 bridgehead atoms. The van der Waals surface area contributed by atoms with E-state index in [0.717, 1.165) is 0 Å². The number of sulfonamides is 1. The van der Waals surface area contributed by atoms with Gasteiger partial charge in [-0.1, -0.05) is 0 Å². The van der Waals surface area contributed by atoms with Gasteiger partial charge in [-0.2, -0.15) is 5.26 Å². The molecule has 0 saturated heterocycles. The summed E-state index contributed by atoms with van der Waals surface area (Å²) in [4.78, 5) is 12.0. The molecule has 0 atom stereocenters. The summed E-state index contributed by atoms with van der Waals surface area (Å²) in [6.07, 6.45) is 1.22. The Bertz CT molecular complexity index is 1120. The van der Waals surface area contributed by atoms with Gasteiger partial charge in [-0.3, -0.25) is 4.72 Å². The number of nitrogens with zero attached hydrogens (tertiary/aromatic N) is 4. The fraction of sp³-hybridized carbons (Fsp3) is 0.0667. The number of hydrogen-bond donors (Lipinski definition) is 3. The van der Waals surface area contributed by atoms with Crippen molar-refractivity contribution in [3.8, 4) is 6.07 Å². The lowest BCUT2D eigenvalue weighted by Gasteiger charge is -2.12. The van der Waals surface area contributed by atoms with E-state index in [9.17, 15) is 13.7 Å². The molecule has 0 radical (unpaired) electrons. The van der Waals surface area contributed by atoms with Crippen molar-refractivity contribution < 1.29 is 8.42 Å². The molecule has 0 aliphatic carbocycles. The average molecular weight is 355 g/mol. The number of aryl methyl sites for hydroxylation is 1. The van der Waals surface area contributed by atoms with Gasteiger partial charge >= 0.3 is 0 Å². The van der Waals surface area contributed by atoms with Gasteiger partial charge in [0, 0.05) is 5.69 Å². The minimum Gasteiger partial charge on any atom is -0.399 e. The topological polar surface area (TPSA) is 161 Å². The molecule has 3 rings (SSSR count). The molecule has 0 spiro atoms. The van der Waals surface area contributed by atoms with Crippen LogP contribution in [-0.4, -0.2) is 23.4 Å². The van der Waals surface area contributed by atoms with Crippen LogP contribution in [0, 0.1) is 18.3 Å². The quantitative estimate of drug-likeness (QED) is 0.590. The number of benzene rings is 1. The molecule has 0 saturated carbocycles. The molecule has 5 N–H and O–H groups in total. The molecule has 126 valence electrons. The lowest BCUT2D eigenvalue weighted by atomic mass is 10.1. The first-order chi connectivity index (χ1) is 11.8. The van der Waals surface area contributed by atoms with E-state index >= 15 is 0 Å². The molecule has 3 aromatic rings. The van der Waals surface area contributed by atoms with E-state index in [-0.39, 0.29) is 27.7 Å². The van der Waals surface area contributed by atoms with Crippen molar-refractivity contribution in [3.63, 3.8) is 0 Å². The van der Waals surface area contributed by atoms with Crippen LogP contribution in [0.5, 0.6) is 0 Å². The maximum Gasteiger partial charge on any atom is 0.263 e. The summed E-state index contributed by atoms with van der Waals surface area (Å²) in [5.41, 5.74) is 12.5. The Morgan fingerprint density at radius 2 is 1.84 bits per heavy atom. The normalized spacial score (nSPS) is 11.2. The highest BCUT2D eigenvalue weighted by molar-refractivity contribution is 7.92. The molecule has 9 nitrogen and oxygen atoms in total. The van der Waals surface area contributed by atoms with Gasteiger partial charge in [0.25, 0.3) is 10.0 Å². The number of fused-ring (bicyclic) bond motifs is 1. The summed E-state index contributed by atoms with van der Waals surface area (Å²) in [5, 5.41) is 9.84. The second-order valence-corrected chi connectivity index (χ2v) is 6.89. The van der Waals surface area contributed by atoms with Crippen LogP contribution in [0.1, 0.15) is 11.1 Å². The van der Waals surface area contributed by atoms with Crippen LogP contribution in [0.15, 0.2) is 35.5 Å². The Balaban J connectivity index is 2.16. The van der Waals surface area contributed by atoms with Gasteiger partial charge in [-0.05, 0) is 36.8 Å². The fourth-order valence-corrected chi connectivity index (χ4v) is 3.36. The van der Waals surface area contributed by atoms with E-state index < -0.39 is 10.0 Å². The van der Waals surface area contributed by atoms with Gasteiger partial charge in [0.1, 0.15) is 18.2 Å². The summed E-state index contributed by atoms with van der Waals surface area (Å²) in [7, 11) is -3.95. The summed E-state index contributed by atoms with van der Waals surface area (Å²) < 4.78 is 27.4. The Morgan fingerprint density at radius 1 is 1.16 bits per heavy atom. The molecular formula is C15H13N7O2S. The highest BCUT2D eigenvalue weighted by atomic mass is 32.2. The molecule has 0 aliphatic rings. The third kappa shape index (κ3) is 2.88. The second-order valence-electron chi connectivity index (χ2n) is 5.20. The van der Waals surface area contributed by atoms with E-state index in [4.69, 9.17) is 11.5 Å². The van der Waals surface area contributed by atoms with E-state index in [1.807, 2.05) is 6.07 Å². The van der Waals surface area contributed by atoms with Crippen molar-refractivity contribution in [3.05, 3.63) is 41.7 Å². The number of rotatable bonds is 3. The van der Waals surface area contributed by atoms with E-state index in [1.165, 1.54) is 30.6 Å². The summed E-state index contributed by atoms with van der Waals surface area (Å²) >= 11 is 0. The molecule has 0 aliphatic heterocycles.